The molecule has 0 amide bonds. The van der Waals surface area contributed by atoms with Crippen molar-refractivity contribution in [2.75, 3.05) is 49.5 Å². The van der Waals surface area contributed by atoms with E-state index in [4.69, 9.17) is 17.3 Å². The van der Waals surface area contributed by atoms with Crippen LogP contribution >= 0.6 is 11.6 Å². The lowest BCUT2D eigenvalue weighted by Gasteiger charge is -2.36. The van der Waals surface area contributed by atoms with Gasteiger partial charge in [0, 0.05) is 49.5 Å². The van der Waals surface area contributed by atoms with Crippen LogP contribution in [0.3, 0.4) is 0 Å². The van der Waals surface area contributed by atoms with Gasteiger partial charge in [-0.3, -0.25) is 4.90 Å². The van der Waals surface area contributed by atoms with Crippen molar-refractivity contribution in [3.63, 3.8) is 0 Å². The number of hydrogen-bond acceptors (Lipinski definition) is 8. The summed E-state index contributed by atoms with van der Waals surface area (Å²) in [7, 11) is -3.39. The van der Waals surface area contributed by atoms with Crippen molar-refractivity contribution in [2.45, 2.75) is 51.0 Å². The quantitative estimate of drug-likeness (QED) is 0.330. The first-order valence-corrected chi connectivity index (χ1v) is 16.0. The van der Waals surface area contributed by atoms with E-state index >= 15 is 4.39 Å². The Morgan fingerprint density at radius 3 is 2.49 bits per heavy atom. The number of anilines is 3. The highest BCUT2D eigenvalue weighted by molar-refractivity contribution is 7.91. The predicted octanol–water partition coefficient (Wildman–Crippen LogP) is 5.10. The van der Waals surface area contributed by atoms with Crippen LogP contribution in [0.5, 0.6) is 0 Å². The predicted molar refractivity (Wildman–Crippen MR) is 165 cm³/mol. The van der Waals surface area contributed by atoms with Crippen molar-refractivity contribution in [2.24, 2.45) is 5.73 Å². The lowest BCUT2D eigenvalue weighted by atomic mass is 10.0. The van der Waals surface area contributed by atoms with Crippen molar-refractivity contribution < 1.29 is 12.8 Å². The SMILES string of the molecule is Cc1cnc(Nc2ccc(N3CCN(CCCN)CC3)c(F)c2)nc1Cc1ccc(Cl)c(CS(=O)(=O)C(C)(C)C)c1. The Morgan fingerprint density at radius 2 is 1.83 bits per heavy atom. The zero-order valence-corrected chi connectivity index (χ0v) is 25.8. The van der Waals surface area contributed by atoms with E-state index in [1.165, 1.54) is 6.07 Å². The molecule has 0 radical (unpaired) electrons. The van der Waals surface area contributed by atoms with Crippen LogP contribution in [0.15, 0.2) is 42.6 Å². The molecule has 0 spiro atoms. The monoisotopic (exact) mass is 602 g/mol. The number of nitrogens with one attached hydrogen (secondary N) is 1. The number of aromatic nitrogens is 2. The summed E-state index contributed by atoms with van der Waals surface area (Å²) in [5, 5.41) is 3.54. The Bertz CT molecular complexity index is 1470. The normalized spacial score (nSPS) is 14.9. The van der Waals surface area contributed by atoms with Gasteiger partial charge in [-0.05, 0) is 88.2 Å². The molecule has 8 nitrogen and oxygen atoms in total. The molecule has 0 unspecified atom stereocenters. The number of nitrogens with two attached hydrogens (primary N) is 1. The Labute approximate surface area is 248 Å². The average Bonchev–Trinajstić information content (AvgIpc) is 2.91. The third-order valence-corrected chi connectivity index (χ3v) is 10.4. The largest absolute Gasteiger partial charge is 0.367 e. The van der Waals surface area contributed by atoms with E-state index < -0.39 is 14.6 Å². The maximum absolute atomic E-state index is 15.1. The number of piperazine rings is 1. The van der Waals surface area contributed by atoms with Crippen molar-refractivity contribution in [1.82, 2.24) is 14.9 Å². The van der Waals surface area contributed by atoms with E-state index in [2.05, 4.69) is 25.1 Å². The van der Waals surface area contributed by atoms with Crippen LogP contribution in [0, 0.1) is 12.7 Å². The summed E-state index contributed by atoms with van der Waals surface area (Å²) in [4.78, 5) is 13.5. The highest BCUT2D eigenvalue weighted by atomic mass is 35.5. The van der Waals surface area contributed by atoms with Crippen molar-refractivity contribution in [3.8, 4) is 0 Å². The molecule has 0 atom stereocenters. The first kappa shape index (κ1) is 31.2. The highest BCUT2D eigenvalue weighted by Gasteiger charge is 2.29. The second-order valence-corrected chi connectivity index (χ2v) is 14.7. The van der Waals surface area contributed by atoms with Gasteiger partial charge in [0.05, 0.1) is 21.9 Å². The fourth-order valence-electron chi connectivity index (χ4n) is 4.68. The average molecular weight is 603 g/mol. The standard InChI is InChI=1S/C30H40ClFN6O2S/c1-21-19-34-29(35-24-7-9-28(26(32)18-24)38-14-12-37(13-15-38)11-5-10-33)36-27(21)17-22-6-8-25(31)23(16-22)20-41(39,40)30(2,3)4/h6-9,16,18-19H,5,10-15,17,20,33H2,1-4H3,(H,34,35,36). The minimum atomic E-state index is -3.39. The number of sulfone groups is 1. The number of aryl methyl sites for hydroxylation is 1. The van der Waals surface area contributed by atoms with Gasteiger partial charge < -0.3 is 16.0 Å². The molecule has 1 saturated heterocycles. The molecule has 1 aromatic heterocycles. The lowest BCUT2D eigenvalue weighted by molar-refractivity contribution is 0.256. The van der Waals surface area contributed by atoms with Gasteiger partial charge in [-0.1, -0.05) is 23.7 Å². The van der Waals surface area contributed by atoms with Crippen LogP contribution in [0.4, 0.5) is 21.7 Å². The Balaban J connectivity index is 1.45. The van der Waals surface area contributed by atoms with Gasteiger partial charge in [-0.2, -0.15) is 0 Å². The molecule has 1 aliphatic heterocycles. The van der Waals surface area contributed by atoms with E-state index in [1.807, 2.05) is 25.1 Å². The smallest absolute Gasteiger partial charge is 0.227 e. The molecule has 1 aliphatic rings. The molecule has 0 aliphatic carbocycles. The van der Waals surface area contributed by atoms with Crippen molar-refractivity contribution >= 4 is 38.8 Å². The second-order valence-electron chi connectivity index (χ2n) is 11.6. The van der Waals surface area contributed by atoms with E-state index in [0.717, 1.165) is 56.0 Å². The maximum atomic E-state index is 15.1. The molecule has 0 bridgehead atoms. The molecular formula is C30H40ClFN6O2S. The lowest BCUT2D eigenvalue weighted by Crippen LogP contribution is -2.47. The summed E-state index contributed by atoms with van der Waals surface area (Å²) in [5.74, 6) is -0.0722. The fraction of sp³-hybridized carbons (Fsp3) is 0.467. The molecular weight excluding hydrogens is 563 g/mol. The minimum absolute atomic E-state index is 0.135. The Kier molecular flexibility index (Phi) is 9.89. The zero-order chi connectivity index (χ0) is 29.8. The van der Waals surface area contributed by atoms with Gasteiger partial charge in [-0.15, -0.1) is 0 Å². The summed E-state index contributed by atoms with van der Waals surface area (Å²) in [6.45, 7) is 12.0. The van der Waals surface area contributed by atoms with Crippen LogP contribution in [0.25, 0.3) is 0 Å². The van der Waals surface area contributed by atoms with E-state index in [-0.39, 0.29) is 11.6 Å². The summed E-state index contributed by atoms with van der Waals surface area (Å²) < 4.78 is 39.8. The third-order valence-electron chi connectivity index (χ3n) is 7.43. The molecule has 11 heteroatoms. The third kappa shape index (κ3) is 7.94. The van der Waals surface area contributed by atoms with Crippen LogP contribution in [-0.2, 0) is 22.0 Å². The molecule has 2 aromatic carbocycles. The molecule has 0 saturated carbocycles. The van der Waals surface area contributed by atoms with Crippen molar-refractivity contribution in [1.29, 1.82) is 0 Å². The van der Waals surface area contributed by atoms with E-state index in [0.29, 0.717) is 40.9 Å². The van der Waals surface area contributed by atoms with E-state index in [1.54, 1.807) is 39.1 Å². The van der Waals surface area contributed by atoms with Gasteiger partial charge in [0.2, 0.25) is 5.95 Å². The molecule has 2 heterocycles. The maximum Gasteiger partial charge on any atom is 0.227 e. The number of benzene rings is 2. The second kappa shape index (κ2) is 13.0. The minimum Gasteiger partial charge on any atom is -0.367 e. The number of halogens is 2. The van der Waals surface area contributed by atoms with Gasteiger partial charge in [0.25, 0.3) is 0 Å². The van der Waals surface area contributed by atoms with Gasteiger partial charge >= 0.3 is 0 Å². The topological polar surface area (TPSA) is 104 Å². The van der Waals surface area contributed by atoms with Gasteiger partial charge in [0.1, 0.15) is 5.82 Å². The summed E-state index contributed by atoms with van der Waals surface area (Å²) in [5.41, 5.74) is 9.89. The van der Waals surface area contributed by atoms with E-state index in [9.17, 15) is 8.42 Å². The van der Waals surface area contributed by atoms with Crippen LogP contribution < -0.4 is 16.0 Å². The molecule has 3 aromatic rings. The molecule has 1 fully saturated rings. The zero-order valence-electron chi connectivity index (χ0n) is 24.3. The fourth-order valence-corrected chi connectivity index (χ4v) is 6.02. The molecule has 41 heavy (non-hydrogen) atoms. The number of nitrogens with zero attached hydrogens (tertiary/aromatic N) is 4. The van der Waals surface area contributed by atoms with Crippen molar-refractivity contribution in [3.05, 3.63) is 75.8 Å². The van der Waals surface area contributed by atoms with Crippen LogP contribution in [0.1, 0.15) is 49.6 Å². The van der Waals surface area contributed by atoms with Crippen LogP contribution in [0.2, 0.25) is 5.02 Å². The number of rotatable bonds is 10. The summed E-state index contributed by atoms with van der Waals surface area (Å²) in [6.07, 6.45) is 3.16. The number of hydrogen-bond donors (Lipinski definition) is 2. The summed E-state index contributed by atoms with van der Waals surface area (Å²) in [6, 6.07) is 10.5. The first-order chi connectivity index (χ1) is 19.4. The Morgan fingerprint density at radius 1 is 1.10 bits per heavy atom. The highest BCUT2D eigenvalue weighted by Crippen LogP contribution is 2.28. The Hall–Kier alpha value is -2.79. The van der Waals surface area contributed by atoms with Gasteiger partial charge in [-0.25, -0.2) is 22.8 Å². The first-order valence-electron chi connectivity index (χ1n) is 13.9. The summed E-state index contributed by atoms with van der Waals surface area (Å²) >= 11 is 6.36. The van der Waals surface area contributed by atoms with Gasteiger partial charge in [0.15, 0.2) is 9.84 Å². The molecule has 4 rings (SSSR count). The molecule has 222 valence electrons. The van der Waals surface area contributed by atoms with Crippen LogP contribution in [-0.4, -0.2) is 67.3 Å². The molecule has 3 N–H and O–H groups in total.